The lowest BCUT2D eigenvalue weighted by Crippen LogP contribution is -1.71. The van der Waals surface area contributed by atoms with Crippen LogP contribution in [-0.2, 0) is 0 Å². The summed E-state index contributed by atoms with van der Waals surface area (Å²) in [4.78, 5) is 0. The molecule has 0 rings (SSSR count). The van der Waals surface area contributed by atoms with Crippen LogP contribution >= 0.6 is 33.8 Å². The first kappa shape index (κ1) is 5.96. The second kappa shape index (κ2) is 3.16. The molecule has 0 bridgehead atoms. The van der Waals surface area contributed by atoms with Gasteiger partial charge in [0.15, 0.2) is 0 Å². The molecule has 0 nitrogen and oxygen atoms in total. The minimum atomic E-state index is -1.29. The Labute approximate surface area is 46.3 Å². The zero-order chi connectivity index (χ0) is 4.28. The average Bonchev–Trinajstić information content (AvgIpc) is 1.38. The smallest absolute Gasteiger partial charge is 0.117 e. The Balaban J connectivity index is 3.14. The van der Waals surface area contributed by atoms with E-state index in [1.165, 1.54) is 5.13 Å². The Bertz CT molecular complexity index is 44.9. The van der Waals surface area contributed by atoms with E-state index in [0.717, 1.165) is 0 Å². The minimum Gasteiger partial charge on any atom is -0.117 e. The number of halogens is 3. The van der Waals surface area contributed by atoms with Crippen molar-refractivity contribution in [3.8, 4) is 0 Å². The third kappa shape index (κ3) is 4.96. The van der Waals surface area contributed by atoms with Gasteiger partial charge in [-0.05, 0) is 0 Å². The van der Waals surface area contributed by atoms with Crippen LogP contribution in [0.4, 0.5) is 0 Å². The molecule has 5 heavy (non-hydrogen) atoms. The zero-order valence-electron chi connectivity index (χ0n) is 2.21. The predicted molar refractivity (Wildman–Crippen MR) is 29.4 cm³/mol. The van der Waals surface area contributed by atoms with Crippen LogP contribution in [0.5, 0.6) is 0 Å². The maximum Gasteiger partial charge on any atom is 0.244 e. The van der Waals surface area contributed by atoms with Crippen LogP contribution in [0.3, 0.4) is 0 Å². The maximum absolute atomic E-state index is 5.14. The Morgan fingerprint density at radius 3 is 1.60 bits per heavy atom. The third-order valence-electron chi connectivity index (χ3n) is 0.0825. The van der Waals surface area contributed by atoms with E-state index in [4.69, 9.17) is 33.8 Å². The summed E-state index contributed by atoms with van der Waals surface area (Å²) in [6, 6.07) is 0. The number of hydrogen-bond donors (Lipinski definition) is 0. The van der Waals surface area contributed by atoms with Gasteiger partial charge in [0, 0.05) is 5.13 Å². The summed E-state index contributed by atoms with van der Waals surface area (Å²) < 4.78 is 0. The first-order valence-corrected chi connectivity index (χ1v) is 4.92. The van der Waals surface area contributed by atoms with E-state index >= 15 is 0 Å². The van der Waals surface area contributed by atoms with Crippen LogP contribution in [0.2, 0.25) is 0 Å². The molecule has 0 saturated carbocycles. The summed E-state index contributed by atoms with van der Waals surface area (Å²) in [5.74, 6) is 0. The van der Waals surface area contributed by atoms with Gasteiger partial charge in [0.2, 0.25) is 7.03 Å². The van der Waals surface area contributed by atoms with Crippen molar-refractivity contribution in [2.45, 2.75) is 0 Å². The molecule has 0 fully saturated rings. The van der Waals surface area contributed by atoms with E-state index in [1.807, 2.05) is 0 Å². The summed E-state index contributed by atoms with van der Waals surface area (Å²) >= 11 is 15.3. The summed E-state index contributed by atoms with van der Waals surface area (Å²) in [5, 5.41) is 1.27. The molecule has 0 atom stereocenters. The van der Waals surface area contributed by atoms with Gasteiger partial charge in [-0.3, -0.25) is 0 Å². The van der Waals surface area contributed by atoms with Crippen molar-refractivity contribution in [1.82, 2.24) is 0 Å². The molecule has 0 saturated heterocycles. The summed E-state index contributed by atoms with van der Waals surface area (Å²) in [6.07, 6.45) is 0. The van der Waals surface area contributed by atoms with Gasteiger partial charge < -0.3 is 0 Å². The van der Waals surface area contributed by atoms with E-state index in [9.17, 15) is 0 Å². The van der Waals surface area contributed by atoms with E-state index < -0.39 is 7.03 Å². The van der Waals surface area contributed by atoms with Crippen LogP contribution in [0.25, 0.3) is 0 Å². The Kier molecular flexibility index (Phi) is 3.76. The lowest BCUT2D eigenvalue weighted by Gasteiger charge is -1.61. The van der Waals surface area contributed by atoms with Crippen molar-refractivity contribution < 1.29 is 0 Å². The predicted octanol–water partition coefficient (Wildman–Crippen LogP) is 1.53. The summed E-state index contributed by atoms with van der Waals surface area (Å²) in [6.45, 7) is 0. The van der Waals surface area contributed by atoms with Crippen molar-refractivity contribution in [3.63, 3.8) is 0 Å². The molecule has 0 N–H and O–H groups in total. The maximum atomic E-state index is 5.14. The molecule has 0 aliphatic heterocycles. The Morgan fingerprint density at radius 1 is 1.40 bits per heavy atom. The van der Waals surface area contributed by atoms with Crippen molar-refractivity contribution >= 4 is 45.9 Å². The van der Waals surface area contributed by atoms with E-state index in [1.54, 1.807) is 0 Å². The Morgan fingerprint density at radius 2 is 1.60 bits per heavy atom. The highest BCUT2D eigenvalue weighted by Gasteiger charge is 1.74. The summed E-state index contributed by atoms with van der Waals surface area (Å²) in [7, 11) is -1.29. The van der Waals surface area contributed by atoms with Gasteiger partial charge in [0.25, 0.3) is 0 Å². The fourth-order valence-electron chi connectivity index (χ4n) is 0. The molecule has 0 radical (unpaired) electrons. The lowest BCUT2D eigenvalue weighted by atomic mass is 11.9. The van der Waals surface area contributed by atoms with Crippen LogP contribution in [0, 0.1) is 0 Å². The van der Waals surface area contributed by atoms with Crippen molar-refractivity contribution in [3.05, 3.63) is 0 Å². The average molecular weight is 147 g/mol. The van der Waals surface area contributed by atoms with Gasteiger partial charge in [-0.25, -0.2) is 0 Å². The molecule has 0 aromatic carbocycles. The fraction of sp³-hybridized carbons (Fsp3) is 0. The van der Waals surface area contributed by atoms with Crippen molar-refractivity contribution in [1.29, 1.82) is 0 Å². The molecule has 0 unspecified atom stereocenters. The highest BCUT2D eigenvalue weighted by molar-refractivity contribution is 7.37. The van der Waals surface area contributed by atoms with Gasteiger partial charge in [-0.1, -0.05) is 11.6 Å². The van der Waals surface area contributed by atoms with Crippen LogP contribution in [-0.4, -0.2) is 12.2 Å². The van der Waals surface area contributed by atoms with Gasteiger partial charge in [0.05, 0.1) is 0 Å². The van der Waals surface area contributed by atoms with Gasteiger partial charge >= 0.3 is 0 Å². The monoisotopic (exact) mass is 146 g/mol. The number of rotatable bonds is 0. The molecular formula is CHCl3Si. The Hall–Kier alpha value is 0.957. The minimum absolute atomic E-state index is 1.27. The van der Waals surface area contributed by atoms with Gasteiger partial charge in [0.1, 0.15) is 0 Å². The van der Waals surface area contributed by atoms with Crippen LogP contribution < -0.4 is 0 Å². The molecular weight excluding hydrogens is 146 g/mol. The molecule has 0 heterocycles. The van der Waals surface area contributed by atoms with Crippen LogP contribution in [0.15, 0.2) is 0 Å². The molecule has 0 spiro atoms. The molecule has 4 heteroatoms. The molecule has 0 amide bonds. The molecule has 0 aromatic heterocycles. The zero-order valence-corrected chi connectivity index (χ0v) is 5.48. The lowest BCUT2D eigenvalue weighted by molar-refractivity contribution is 3.90. The SMILES string of the molecule is ClC=[Si](Cl)Cl. The molecule has 0 aliphatic rings. The topological polar surface area (TPSA) is 0 Å². The van der Waals surface area contributed by atoms with E-state index in [-0.39, 0.29) is 0 Å². The molecule has 0 aromatic rings. The molecule has 30 valence electrons. The second-order valence-corrected chi connectivity index (χ2v) is 4.87. The fourth-order valence-corrected chi connectivity index (χ4v) is 0. The quantitative estimate of drug-likeness (QED) is 0.360. The number of hydrogen-bond acceptors (Lipinski definition) is 0. The van der Waals surface area contributed by atoms with Gasteiger partial charge in [-0.15, -0.1) is 22.2 Å². The molecule has 0 aliphatic carbocycles. The first-order valence-electron chi connectivity index (χ1n) is 0.885. The van der Waals surface area contributed by atoms with Crippen molar-refractivity contribution in [2.24, 2.45) is 0 Å². The standard InChI is InChI=1S/CHCl3Si/c2-1-5(3)4/h1H. The van der Waals surface area contributed by atoms with Gasteiger partial charge in [-0.2, -0.15) is 0 Å². The van der Waals surface area contributed by atoms with Crippen molar-refractivity contribution in [2.75, 3.05) is 0 Å². The normalized spacial score (nSPS) is 7.00. The highest BCUT2D eigenvalue weighted by atomic mass is 35.7. The second-order valence-electron chi connectivity index (χ2n) is 0.399. The highest BCUT2D eigenvalue weighted by Crippen LogP contribution is 1.82. The summed E-state index contributed by atoms with van der Waals surface area (Å²) in [5.41, 5.74) is 0. The first-order chi connectivity index (χ1) is 2.27. The largest absolute Gasteiger partial charge is 0.244 e. The van der Waals surface area contributed by atoms with E-state index in [0.29, 0.717) is 0 Å². The van der Waals surface area contributed by atoms with Crippen LogP contribution in [0.1, 0.15) is 0 Å². The third-order valence-corrected chi connectivity index (χ3v) is 2.23. The van der Waals surface area contributed by atoms with E-state index in [2.05, 4.69) is 0 Å².